The summed E-state index contributed by atoms with van der Waals surface area (Å²) < 4.78 is 52.7. The van der Waals surface area contributed by atoms with Gasteiger partial charge in [0.05, 0.1) is 18.2 Å². The highest BCUT2D eigenvalue weighted by molar-refractivity contribution is 6.32. The van der Waals surface area contributed by atoms with E-state index in [0.29, 0.717) is 48.0 Å². The second-order valence-corrected chi connectivity index (χ2v) is 5.98. The van der Waals surface area contributed by atoms with Gasteiger partial charge in [-0.3, -0.25) is 5.32 Å². The molecule has 0 amide bonds. The third-order valence-corrected chi connectivity index (χ3v) is 4.17. The third-order valence-electron chi connectivity index (χ3n) is 3.87. The van der Waals surface area contributed by atoms with E-state index in [1.165, 1.54) is 6.07 Å². The van der Waals surface area contributed by atoms with Gasteiger partial charge in [-0.2, -0.15) is 13.2 Å². The molecular formula is C15H15ClF3NO4. The predicted octanol–water partition coefficient (Wildman–Crippen LogP) is 3.11. The fraction of sp³-hybridized carbons (Fsp3) is 0.533. The Balaban J connectivity index is 1.77. The molecule has 3 rings (SSSR count). The van der Waals surface area contributed by atoms with Crippen LogP contribution in [0.5, 0.6) is 5.75 Å². The average molecular weight is 366 g/mol. The number of rotatable bonds is 3. The van der Waals surface area contributed by atoms with Crippen molar-refractivity contribution >= 4 is 17.6 Å². The number of fused-ring (bicyclic) bond motifs is 1. The zero-order chi connectivity index (χ0) is 17.3. The third kappa shape index (κ3) is 3.76. The van der Waals surface area contributed by atoms with Gasteiger partial charge in [-0.25, -0.2) is 4.79 Å². The van der Waals surface area contributed by atoms with Crippen LogP contribution in [0.3, 0.4) is 0 Å². The van der Waals surface area contributed by atoms with Crippen LogP contribution in [0.2, 0.25) is 5.02 Å². The molecule has 1 unspecified atom stereocenters. The molecule has 0 saturated carbocycles. The Bertz CT molecular complexity index is 632. The van der Waals surface area contributed by atoms with Gasteiger partial charge < -0.3 is 14.2 Å². The molecule has 1 N–H and O–H groups in total. The van der Waals surface area contributed by atoms with Crippen molar-refractivity contribution in [3.8, 4) is 5.75 Å². The summed E-state index contributed by atoms with van der Waals surface area (Å²) in [6.07, 6.45) is -4.88. The topological polar surface area (TPSA) is 56.8 Å². The summed E-state index contributed by atoms with van der Waals surface area (Å²) in [4.78, 5) is 11.0. The van der Waals surface area contributed by atoms with E-state index < -0.39 is 18.4 Å². The SMILES string of the molecule is O=C(OC1NCc2cc(Cl)c(OC3CCOCC3)cc21)C(F)(F)F. The van der Waals surface area contributed by atoms with E-state index >= 15 is 0 Å². The molecule has 9 heteroatoms. The number of nitrogens with one attached hydrogen (secondary N) is 1. The zero-order valence-corrected chi connectivity index (χ0v) is 13.2. The molecule has 0 spiro atoms. The summed E-state index contributed by atoms with van der Waals surface area (Å²) in [7, 11) is 0. The van der Waals surface area contributed by atoms with Crippen molar-refractivity contribution in [3.63, 3.8) is 0 Å². The molecule has 1 saturated heterocycles. The monoisotopic (exact) mass is 365 g/mol. The van der Waals surface area contributed by atoms with E-state index in [0.717, 1.165) is 0 Å². The molecule has 0 radical (unpaired) electrons. The molecule has 24 heavy (non-hydrogen) atoms. The van der Waals surface area contributed by atoms with Crippen LogP contribution in [0.1, 0.15) is 30.2 Å². The number of hydrogen-bond acceptors (Lipinski definition) is 5. The van der Waals surface area contributed by atoms with Crippen LogP contribution in [0.25, 0.3) is 0 Å². The highest BCUT2D eigenvalue weighted by atomic mass is 35.5. The molecular weight excluding hydrogens is 351 g/mol. The van der Waals surface area contributed by atoms with Crippen LogP contribution in [0, 0.1) is 0 Å². The summed E-state index contributed by atoms with van der Waals surface area (Å²) in [6, 6.07) is 3.14. The largest absolute Gasteiger partial charge is 0.490 e. The van der Waals surface area contributed by atoms with Crippen molar-refractivity contribution in [2.24, 2.45) is 0 Å². The molecule has 2 aliphatic heterocycles. The zero-order valence-electron chi connectivity index (χ0n) is 12.5. The van der Waals surface area contributed by atoms with Gasteiger partial charge in [-0.1, -0.05) is 11.6 Å². The molecule has 2 aliphatic rings. The van der Waals surface area contributed by atoms with E-state index in [2.05, 4.69) is 10.1 Å². The first-order valence-corrected chi connectivity index (χ1v) is 7.80. The van der Waals surface area contributed by atoms with Crippen molar-refractivity contribution in [2.75, 3.05) is 13.2 Å². The molecule has 1 fully saturated rings. The molecule has 5 nitrogen and oxygen atoms in total. The average Bonchev–Trinajstić information content (AvgIpc) is 2.90. The highest BCUT2D eigenvalue weighted by Crippen LogP contribution is 2.37. The number of carbonyl (C=O) groups is 1. The van der Waals surface area contributed by atoms with Crippen LogP contribution in [-0.4, -0.2) is 31.5 Å². The minimum absolute atomic E-state index is 0.0696. The van der Waals surface area contributed by atoms with Crippen LogP contribution >= 0.6 is 11.6 Å². The molecule has 132 valence electrons. The Hall–Kier alpha value is -1.51. The number of alkyl halides is 3. The van der Waals surface area contributed by atoms with Gasteiger partial charge >= 0.3 is 12.1 Å². The fourth-order valence-corrected chi connectivity index (χ4v) is 2.89. The van der Waals surface area contributed by atoms with E-state index in [4.69, 9.17) is 21.1 Å². The quantitative estimate of drug-likeness (QED) is 0.834. The number of ether oxygens (including phenoxy) is 3. The first kappa shape index (κ1) is 17.3. The van der Waals surface area contributed by atoms with Crippen LogP contribution in [-0.2, 0) is 20.8 Å². The summed E-state index contributed by atoms with van der Waals surface area (Å²) in [6.45, 7) is 1.42. The number of carbonyl (C=O) groups excluding carboxylic acids is 1. The summed E-state index contributed by atoms with van der Waals surface area (Å²) >= 11 is 6.18. The van der Waals surface area contributed by atoms with Crippen LogP contribution < -0.4 is 10.1 Å². The van der Waals surface area contributed by atoms with Gasteiger partial charge in [0, 0.05) is 24.9 Å². The lowest BCUT2D eigenvalue weighted by Crippen LogP contribution is -2.30. The maximum atomic E-state index is 12.4. The first-order chi connectivity index (χ1) is 11.3. The first-order valence-electron chi connectivity index (χ1n) is 7.42. The molecule has 0 aliphatic carbocycles. The molecule has 2 heterocycles. The smallest absolute Gasteiger partial charge is 0.489 e. The molecule has 0 aromatic heterocycles. The summed E-state index contributed by atoms with van der Waals surface area (Å²) in [5.74, 6) is -1.88. The van der Waals surface area contributed by atoms with Crippen molar-refractivity contribution in [1.29, 1.82) is 0 Å². The Morgan fingerprint density at radius 1 is 1.29 bits per heavy atom. The Kier molecular flexibility index (Phi) is 4.89. The molecule has 1 aromatic rings. The second kappa shape index (κ2) is 6.78. The van der Waals surface area contributed by atoms with Crippen LogP contribution in [0.15, 0.2) is 12.1 Å². The lowest BCUT2D eigenvalue weighted by Gasteiger charge is -2.24. The van der Waals surface area contributed by atoms with Gasteiger partial charge in [-0.05, 0) is 17.7 Å². The normalized spacial score (nSPS) is 21.4. The standard InChI is InChI=1S/C15H15ClF3NO4/c16-11-5-8-7-20-13(24-14(21)15(17,18)19)10(8)6-12(11)23-9-1-3-22-4-2-9/h5-6,9,13,20H,1-4,7H2. The number of esters is 1. The minimum Gasteiger partial charge on any atom is -0.489 e. The summed E-state index contributed by atoms with van der Waals surface area (Å²) in [5.41, 5.74) is 1.08. The molecule has 1 atom stereocenters. The fourth-order valence-electron chi connectivity index (χ4n) is 2.66. The van der Waals surface area contributed by atoms with E-state index in [-0.39, 0.29) is 12.6 Å². The van der Waals surface area contributed by atoms with Crippen molar-refractivity contribution in [3.05, 3.63) is 28.3 Å². The lowest BCUT2D eigenvalue weighted by atomic mass is 10.1. The second-order valence-electron chi connectivity index (χ2n) is 5.58. The number of halogens is 4. The molecule has 0 bridgehead atoms. The Labute approximate surface area is 141 Å². The summed E-state index contributed by atoms with van der Waals surface area (Å²) in [5, 5.41) is 3.07. The van der Waals surface area contributed by atoms with Gasteiger partial charge in [0.1, 0.15) is 11.9 Å². The number of benzene rings is 1. The number of hydrogen-bond donors (Lipinski definition) is 1. The maximum Gasteiger partial charge on any atom is 0.490 e. The lowest BCUT2D eigenvalue weighted by molar-refractivity contribution is -0.206. The highest BCUT2D eigenvalue weighted by Gasteiger charge is 2.43. The maximum absolute atomic E-state index is 12.4. The minimum atomic E-state index is -5.04. The molecule has 1 aromatic carbocycles. The predicted molar refractivity (Wildman–Crippen MR) is 77.6 cm³/mol. The van der Waals surface area contributed by atoms with E-state index in [1.807, 2.05) is 0 Å². The van der Waals surface area contributed by atoms with Gasteiger partial charge in [-0.15, -0.1) is 0 Å². The van der Waals surface area contributed by atoms with Crippen molar-refractivity contribution in [2.45, 2.75) is 37.9 Å². The van der Waals surface area contributed by atoms with Gasteiger partial charge in [0.25, 0.3) is 0 Å². The van der Waals surface area contributed by atoms with Crippen molar-refractivity contribution < 1.29 is 32.2 Å². The van der Waals surface area contributed by atoms with E-state index in [9.17, 15) is 18.0 Å². The van der Waals surface area contributed by atoms with Crippen LogP contribution in [0.4, 0.5) is 13.2 Å². The van der Waals surface area contributed by atoms with Crippen molar-refractivity contribution in [1.82, 2.24) is 5.32 Å². The van der Waals surface area contributed by atoms with E-state index in [1.54, 1.807) is 6.07 Å². The Morgan fingerprint density at radius 3 is 2.67 bits per heavy atom. The van der Waals surface area contributed by atoms with Gasteiger partial charge in [0.15, 0.2) is 6.23 Å². The van der Waals surface area contributed by atoms with Gasteiger partial charge in [0.2, 0.25) is 0 Å². The Morgan fingerprint density at radius 2 is 2.00 bits per heavy atom.